The molecule has 1 atom stereocenters. The van der Waals surface area contributed by atoms with E-state index in [9.17, 15) is 14.4 Å². The van der Waals surface area contributed by atoms with Gasteiger partial charge in [-0.25, -0.2) is 4.79 Å². The van der Waals surface area contributed by atoms with Crippen molar-refractivity contribution in [3.63, 3.8) is 0 Å². The first kappa shape index (κ1) is 10.7. The number of hydrogen-bond donors (Lipinski definition) is 1. The summed E-state index contributed by atoms with van der Waals surface area (Å²) in [6.07, 6.45) is -0.156. The van der Waals surface area contributed by atoms with Gasteiger partial charge in [0.1, 0.15) is 6.04 Å². The molecule has 1 heterocycles. The van der Waals surface area contributed by atoms with Gasteiger partial charge in [-0.2, -0.15) is 0 Å². The van der Waals surface area contributed by atoms with E-state index in [4.69, 9.17) is 5.11 Å². The Bertz CT molecular complexity index is 285. The summed E-state index contributed by atoms with van der Waals surface area (Å²) in [5.41, 5.74) is 0. The van der Waals surface area contributed by atoms with Gasteiger partial charge in [-0.15, -0.1) is 0 Å². The van der Waals surface area contributed by atoms with Crippen LogP contribution in [0.5, 0.6) is 0 Å². The van der Waals surface area contributed by atoms with E-state index in [-0.39, 0.29) is 30.6 Å². The van der Waals surface area contributed by atoms with E-state index in [2.05, 4.69) is 0 Å². The number of carbonyl (C=O) groups excluding carboxylic acids is 2. The molecule has 1 rings (SSSR count). The van der Waals surface area contributed by atoms with Gasteiger partial charge in [0.25, 0.3) is 0 Å². The third-order valence-electron chi connectivity index (χ3n) is 2.24. The normalized spacial score (nSPS) is 19.2. The number of carboxylic acid groups (broad SMARTS) is 1. The Morgan fingerprint density at radius 1 is 1.43 bits per heavy atom. The van der Waals surface area contributed by atoms with E-state index in [0.29, 0.717) is 0 Å². The molecule has 5 nitrogen and oxygen atoms in total. The SMILES string of the molecule is CC(C)[C@@H](C(=O)O)N1CC(=O)CC1=O. The second kappa shape index (κ2) is 3.77. The van der Waals surface area contributed by atoms with Crippen LogP contribution >= 0.6 is 0 Å². The number of rotatable bonds is 3. The number of nitrogens with zero attached hydrogens (tertiary/aromatic N) is 1. The number of Topliss-reactive ketones (excluding diaryl/α,β-unsaturated/α-hetero) is 1. The summed E-state index contributed by atoms with van der Waals surface area (Å²) < 4.78 is 0. The maximum Gasteiger partial charge on any atom is 0.326 e. The van der Waals surface area contributed by atoms with Gasteiger partial charge in [0.05, 0.1) is 13.0 Å². The molecule has 78 valence electrons. The predicted octanol–water partition coefficient (Wildman–Crippen LogP) is -0.103. The minimum atomic E-state index is -1.05. The first-order chi connectivity index (χ1) is 6.43. The van der Waals surface area contributed by atoms with Gasteiger partial charge < -0.3 is 10.0 Å². The third-order valence-corrected chi connectivity index (χ3v) is 2.24. The molecule has 0 unspecified atom stereocenters. The molecule has 0 spiro atoms. The van der Waals surface area contributed by atoms with Crippen LogP contribution in [0, 0.1) is 5.92 Å². The molecular weight excluding hydrogens is 186 g/mol. The highest BCUT2D eigenvalue weighted by molar-refractivity contribution is 6.06. The third kappa shape index (κ3) is 1.92. The monoisotopic (exact) mass is 199 g/mol. The number of carboxylic acids is 1. The molecule has 1 saturated heterocycles. The van der Waals surface area contributed by atoms with E-state index >= 15 is 0 Å². The van der Waals surface area contributed by atoms with Crippen molar-refractivity contribution in [3.8, 4) is 0 Å². The van der Waals surface area contributed by atoms with Gasteiger partial charge in [0.15, 0.2) is 5.78 Å². The fourth-order valence-corrected chi connectivity index (χ4v) is 1.64. The van der Waals surface area contributed by atoms with Crippen molar-refractivity contribution in [2.75, 3.05) is 6.54 Å². The Morgan fingerprint density at radius 2 is 2.00 bits per heavy atom. The van der Waals surface area contributed by atoms with Crippen molar-refractivity contribution in [3.05, 3.63) is 0 Å². The van der Waals surface area contributed by atoms with Crippen molar-refractivity contribution in [1.29, 1.82) is 0 Å². The number of likely N-dealkylation sites (tertiary alicyclic amines) is 1. The van der Waals surface area contributed by atoms with Gasteiger partial charge in [0.2, 0.25) is 5.91 Å². The molecule has 0 aromatic heterocycles. The lowest BCUT2D eigenvalue weighted by atomic mass is 10.0. The van der Waals surface area contributed by atoms with Crippen LogP contribution in [-0.4, -0.2) is 40.3 Å². The van der Waals surface area contributed by atoms with E-state index in [1.165, 1.54) is 0 Å². The number of hydrogen-bond acceptors (Lipinski definition) is 3. The summed E-state index contributed by atoms with van der Waals surface area (Å²) in [4.78, 5) is 34.3. The molecular formula is C9H13NO4. The van der Waals surface area contributed by atoms with Crippen molar-refractivity contribution in [2.24, 2.45) is 5.92 Å². The van der Waals surface area contributed by atoms with Gasteiger partial charge in [-0.3, -0.25) is 9.59 Å². The molecule has 14 heavy (non-hydrogen) atoms. The highest BCUT2D eigenvalue weighted by Crippen LogP contribution is 2.17. The summed E-state index contributed by atoms with van der Waals surface area (Å²) in [6, 6.07) is -0.881. The first-order valence-electron chi connectivity index (χ1n) is 4.47. The Labute approximate surface area is 81.7 Å². The number of aliphatic carboxylic acids is 1. The summed E-state index contributed by atoms with van der Waals surface area (Å²) in [6.45, 7) is 3.37. The molecule has 1 N–H and O–H groups in total. The van der Waals surface area contributed by atoms with E-state index in [1.54, 1.807) is 13.8 Å². The van der Waals surface area contributed by atoms with E-state index < -0.39 is 12.0 Å². The zero-order valence-corrected chi connectivity index (χ0v) is 8.19. The molecule has 1 aliphatic rings. The van der Waals surface area contributed by atoms with Crippen LogP contribution in [0.4, 0.5) is 0 Å². The highest BCUT2D eigenvalue weighted by Gasteiger charge is 2.38. The maximum absolute atomic E-state index is 11.3. The van der Waals surface area contributed by atoms with Crippen LogP contribution in [-0.2, 0) is 14.4 Å². The van der Waals surface area contributed by atoms with E-state index in [1.807, 2.05) is 0 Å². The smallest absolute Gasteiger partial charge is 0.326 e. The van der Waals surface area contributed by atoms with Gasteiger partial charge >= 0.3 is 5.97 Å². The minimum absolute atomic E-state index is 0.0615. The van der Waals surface area contributed by atoms with Crippen molar-refractivity contribution >= 4 is 17.7 Å². The van der Waals surface area contributed by atoms with Crippen LogP contribution in [0.15, 0.2) is 0 Å². The topological polar surface area (TPSA) is 74.7 Å². The molecule has 0 aromatic rings. The van der Waals surface area contributed by atoms with E-state index in [0.717, 1.165) is 4.90 Å². The quantitative estimate of drug-likeness (QED) is 0.644. The maximum atomic E-state index is 11.3. The number of carbonyl (C=O) groups is 3. The molecule has 1 aliphatic heterocycles. The van der Waals surface area contributed by atoms with Crippen molar-refractivity contribution in [1.82, 2.24) is 4.90 Å². The standard InChI is InChI=1S/C9H13NO4/c1-5(2)8(9(13)14)10-4-6(11)3-7(10)12/h5,8H,3-4H2,1-2H3,(H,13,14)/t8-/m0/s1. The molecule has 5 heteroatoms. The van der Waals surface area contributed by atoms with Crippen molar-refractivity contribution in [2.45, 2.75) is 26.3 Å². The van der Waals surface area contributed by atoms with Crippen LogP contribution < -0.4 is 0 Å². The fraction of sp³-hybridized carbons (Fsp3) is 0.667. The average molecular weight is 199 g/mol. The summed E-state index contributed by atoms with van der Waals surface area (Å²) >= 11 is 0. The van der Waals surface area contributed by atoms with Crippen LogP contribution in [0.2, 0.25) is 0 Å². The predicted molar refractivity (Wildman–Crippen MR) is 47.6 cm³/mol. The Hall–Kier alpha value is -1.39. The second-order valence-electron chi connectivity index (χ2n) is 3.76. The van der Waals surface area contributed by atoms with Crippen LogP contribution in [0.25, 0.3) is 0 Å². The molecule has 0 bridgehead atoms. The zero-order chi connectivity index (χ0) is 10.9. The van der Waals surface area contributed by atoms with Gasteiger partial charge in [-0.1, -0.05) is 13.8 Å². The van der Waals surface area contributed by atoms with Gasteiger partial charge in [-0.05, 0) is 5.92 Å². The fourth-order valence-electron chi connectivity index (χ4n) is 1.64. The zero-order valence-electron chi connectivity index (χ0n) is 8.19. The van der Waals surface area contributed by atoms with Gasteiger partial charge in [0, 0.05) is 0 Å². The highest BCUT2D eigenvalue weighted by atomic mass is 16.4. The molecule has 0 aromatic carbocycles. The lowest BCUT2D eigenvalue weighted by Gasteiger charge is -2.26. The van der Waals surface area contributed by atoms with Crippen molar-refractivity contribution < 1.29 is 19.5 Å². The minimum Gasteiger partial charge on any atom is -0.480 e. The largest absolute Gasteiger partial charge is 0.480 e. The average Bonchev–Trinajstić information content (AvgIpc) is 2.29. The first-order valence-corrected chi connectivity index (χ1v) is 4.47. The lowest BCUT2D eigenvalue weighted by molar-refractivity contribution is -0.150. The second-order valence-corrected chi connectivity index (χ2v) is 3.76. The Morgan fingerprint density at radius 3 is 2.29 bits per heavy atom. The summed E-state index contributed by atoms with van der Waals surface area (Å²) in [5.74, 6) is -1.83. The van der Waals surface area contributed by atoms with Crippen LogP contribution in [0.3, 0.4) is 0 Å². The molecule has 0 radical (unpaired) electrons. The lowest BCUT2D eigenvalue weighted by Crippen LogP contribution is -2.45. The number of ketones is 1. The molecule has 1 fully saturated rings. The summed E-state index contributed by atoms with van der Waals surface area (Å²) in [7, 11) is 0. The molecule has 0 aliphatic carbocycles. The van der Waals surface area contributed by atoms with Crippen LogP contribution in [0.1, 0.15) is 20.3 Å². The molecule has 1 amide bonds. The Balaban J connectivity index is 2.84. The Kier molecular flexibility index (Phi) is 2.88. The number of amides is 1. The molecule has 0 saturated carbocycles. The summed E-state index contributed by atoms with van der Waals surface area (Å²) in [5, 5.41) is 8.90.